The van der Waals surface area contributed by atoms with Gasteiger partial charge in [-0.3, -0.25) is 0 Å². The van der Waals surface area contributed by atoms with Crippen LogP contribution in [0.3, 0.4) is 0 Å². The van der Waals surface area contributed by atoms with Gasteiger partial charge >= 0.3 is 0 Å². The van der Waals surface area contributed by atoms with Gasteiger partial charge in [-0.2, -0.15) is 4.74 Å². The fourth-order valence-corrected chi connectivity index (χ4v) is 4.39. The summed E-state index contributed by atoms with van der Waals surface area (Å²) in [5.74, 6) is 0. The van der Waals surface area contributed by atoms with Gasteiger partial charge in [0.1, 0.15) is 11.3 Å². The average Bonchev–Trinajstić information content (AvgIpc) is 3.03. The van der Waals surface area contributed by atoms with Crippen LogP contribution in [0.4, 0.5) is 0 Å². The van der Waals surface area contributed by atoms with Gasteiger partial charge in [0.05, 0.1) is 4.88 Å². The van der Waals surface area contributed by atoms with Crippen LogP contribution >= 0.6 is 11.3 Å². The summed E-state index contributed by atoms with van der Waals surface area (Å²) in [4.78, 5) is 0.828. The molecule has 1 fully saturated rings. The summed E-state index contributed by atoms with van der Waals surface area (Å²) in [6.45, 7) is 3.62. The first-order chi connectivity index (χ1) is 9.96. The maximum atomic E-state index is 13.1. The summed E-state index contributed by atoms with van der Waals surface area (Å²) in [6.07, 6.45) is 2.63. The van der Waals surface area contributed by atoms with Gasteiger partial charge in [0.25, 0.3) is 5.66 Å². The van der Waals surface area contributed by atoms with E-state index in [1.54, 1.807) is 0 Å². The molecule has 1 aromatic rings. The molecular weight excluding hydrogens is 290 g/mol. The predicted molar refractivity (Wildman–Crippen MR) is 80.2 cm³/mol. The van der Waals surface area contributed by atoms with E-state index in [4.69, 9.17) is 0 Å². The van der Waals surface area contributed by atoms with Gasteiger partial charge in [-0.15, -0.1) is 16.4 Å². The van der Waals surface area contributed by atoms with Crippen LogP contribution in [0.2, 0.25) is 0 Å². The lowest BCUT2D eigenvalue weighted by atomic mass is 9.86. The Labute approximate surface area is 127 Å². The third kappa shape index (κ3) is 1.77. The summed E-state index contributed by atoms with van der Waals surface area (Å²) >= 11 is 1.47. The standard InChI is InChI=1S/C14H19N3O3S/c1-13(2)12(10-6-5-9-21-10)16(19)14(17(13)20)8-4-3-7-11(14)15-18/h5-6,9,18,20H,3-4,7-8H2,1-2H3. The van der Waals surface area contributed by atoms with Gasteiger partial charge in [-0.1, -0.05) is 11.2 Å². The molecule has 2 N–H and O–H groups in total. The normalized spacial score (nSPS) is 31.5. The highest BCUT2D eigenvalue weighted by atomic mass is 32.1. The van der Waals surface area contributed by atoms with Gasteiger partial charge in [0.15, 0.2) is 0 Å². The van der Waals surface area contributed by atoms with Crippen molar-refractivity contribution in [3.05, 3.63) is 27.6 Å². The molecule has 2 aliphatic rings. The van der Waals surface area contributed by atoms with E-state index < -0.39 is 11.2 Å². The first-order valence-electron chi connectivity index (χ1n) is 7.05. The molecule has 7 heteroatoms. The zero-order valence-electron chi connectivity index (χ0n) is 12.1. The van der Waals surface area contributed by atoms with E-state index in [9.17, 15) is 15.6 Å². The number of oxime groups is 1. The number of thiophene rings is 1. The van der Waals surface area contributed by atoms with Crippen molar-refractivity contribution in [3.8, 4) is 0 Å². The zero-order valence-corrected chi connectivity index (χ0v) is 12.9. The molecule has 0 aromatic carbocycles. The van der Waals surface area contributed by atoms with Gasteiger partial charge < -0.3 is 15.6 Å². The van der Waals surface area contributed by atoms with Gasteiger partial charge in [-0.05, 0) is 44.6 Å². The minimum atomic E-state index is -1.28. The molecule has 0 bridgehead atoms. The van der Waals surface area contributed by atoms with Crippen molar-refractivity contribution < 1.29 is 15.2 Å². The van der Waals surface area contributed by atoms with E-state index in [0.717, 1.165) is 27.5 Å². The van der Waals surface area contributed by atoms with Crippen molar-refractivity contribution in [1.29, 1.82) is 0 Å². The molecule has 1 unspecified atom stereocenters. The summed E-state index contributed by atoms with van der Waals surface area (Å²) < 4.78 is 0.854. The van der Waals surface area contributed by atoms with E-state index in [2.05, 4.69) is 5.16 Å². The second kappa shape index (κ2) is 4.79. The summed E-state index contributed by atoms with van der Waals surface area (Å²) in [7, 11) is 0. The molecule has 1 aliphatic carbocycles. The molecule has 21 heavy (non-hydrogen) atoms. The van der Waals surface area contributed by atoms with Crippen molar-refractivity contribution >= 4 is 22.8 Å². The van der Waals surface area contributed by atoms with Crippen molar-refractivity contribution in [2.24, 2.45) is 5.16 Å². The Kier molecular flexibility index (Phi) is 3.31. The number of nitrogens with zero attached hydrogens (tertiary/aromatic N) is 3. The maximum absolute atomic E-state index is 13.1. The Morgan fingerprint density at radius 1 is 1.43 bits per heavy atom. The molecule has 1 aromatic heterocycles. The van der Waals surface area contributed by atoms with Crippen LogP contribution in [0, 0.1) is 5.21 Å². The molecule has 3 rings (SSSR count). The Hall–Kier alpha value is -1.44. The fourth-order valence-electron chi connectivity index (χ4n) is 3.48. The quantitative estimate of drug-likeness (QED) is 0.361. The Bertz CT molecular complexity index is 609. The minimum Gasteiger partial charge on any atom is -0.622 e. The van der Waals surface area contributed by atoms with Crippen LogP contribution in [0.5, 0.6) is 0 Å². The predicted octanol–water partition coefficient (Wildman–Crippen LogP) is 2.63. The fraction of sp³-hybridized carbons (Fsp3) is 0.571. The number of hydrogen-bond donors (Lipinski definition) is 2. The third-order valence-corrected chi connectivity index (χ3v) is 5.40. The lowest BCUT2D eigenvalue weighted by Gasteiger charge is -2.38. The second-order valence-corrected chi connectivity index (χ2v) is 7.01. The van der Waals surface area contributed by atoms with E-state index >= 15 is 0 Å². The summed E-state index contributed by atoms with van der Waals surface area (Å²) in [5, 5.41) is 39.5. The second-order valence-electron chi connectivity index (χ2n) is 6.06. The van der Waals surface area contributed by atoms with Crippen molar-refractivity contribution in [2.45, 2.75) is 50.7 Å². The third-order valence-electron chi connectivity index (χ3n) is 4.52. The summed E-state index contributed by atoms with van der Waals surface area (Å²) in [5.41, 5.74) is -1.27. The lowest BCUT2D eigenvalue weighted by molar-refractivity contribution is -0.568. The van der Waals surface area contributed by atoms with Crippen molar-refractivity contribution in [2.75, 3.05) is 0 Å². The molecule has 0 saturated heterocycles. The lowest BCUT2D eigenvalue weighted by Crippen LogP contribution is -2.60. The number of rotatable bonds is 1. The monoisotopic (exact) mass is 309 g/mol. The number of hydrogen-bond acceptors (Lipinski definition) is 6. The van der Waals surface area contributed by atoms with Crippen LogP contribution in [-0.2, 0) is 0 Å². The highest BCUT2D eigenvalue weighted by molar-refractivity contribution is 7.12. The average molecular weight is 309 g/mol. The zero-order chi connectivity index (χ0) is 15.3. The molecule has 114 valence electrons. The molecule has 2 heterocycles. The smallest absolute Gasteiger partial charge is 0.293 e. The molecule has 1 atom stereocenters. The molecule has 1 aliphatic heterocycles. The maximum Gasteiger partial charge on any atom is 0.293 e. The van der Waals surface area contributed by atoms with Crippen LogP contribution in [0.1, 0.15) is 44.4 Å². The highest BCUT2D eigenvalue weighted by Gasteiger charge is 2.65. The molecule has 1 saturated carbocycles. The van der Waals surface area contributed by atoms with E-state index in [1.807, 2.05) is 31.4 Å². The Balaban J connectivity index is 2.23. The van der Waals surface area contributed by atoms with E-state index in [0.29, 0.717) is 24.3 Å². The van der Waals surface area contributed by atoms with Gasteiger partial charge in [0, 0.05) is 6.42 Å². The van der Waals surface area contributed by atoms with Crippen LogP contribution < -0.4 is 0 Å². The van der Waals surface area contributed by atoms with Crippen molar-refractivity contribution in [1.82, 2.24) is 5.06 Å². The highest BCUT2D eigenvalue weighted by Crippen LogP contribution is 2.42. The van der Waals surface area contributed by atoms with Crippen LogP contribution in [0.25, 0.3) is 0 Å². The largest absolute Gasteiger partial charge is 0.622 e. The Morgan fingerprint density at radius 2 is 2.19 bits per heavy atom. The van der Waals surface area contributed by atoms with E-state index in [1.165, 1.54) is 11.3 Å². The molecule has 1 spiro atoms. The molecule has 0 amide bonds. The first-order valence-corrected chi connectivity index (χ1v) is 7.93. The first kappa shape index (κ1) is 14.5. The number of hydroxylamine groups is 3. The van der Waals surface area contributed by atoms with Crippen LogP contribution in [0.15, 0.2) is 22.7 Å². The van der Waals surface area contributed by atoms with Gasteiger partial charge in [-0.25, -0.2) is 0 Å². The molecule has 6 nitrogen and oxygen atoms in total. The van der Waals surface area contributed by atoms with Crippen molar-refractivity contribution in [3.63, 3.8) is 0 Å². The van der Waals surface area contributed by atoms with Crippen LogP contribution in [-0.4, -0.2) is 42.8 Å². The molecule has 0 radical (unpaired) electrons. The topological polar surface area (TPSA) is 82.1 Å². The van der Waals surface area contributed by atoms with E-state index in [-0.39, 0.29) is 0 Å². The van der Waals surface area contributed by atoms with Gasteiger partial charge in [0.2, 0.25) is 5.71 Å². The Morgan fingerprint density at radius 3 is 2.81 bits per heavy atom. The minimum absolute atomic E-state index is 0.339. The summed E-state index contributed by atoms with van der Waals surface area (Å²) in [6, 6.07) is 3.75. The SMILES string of the molecule is CC1(C)C(c2cccs2)=[N+]([O-])C2(CCCCC2=NO)N1O. The molecular formula is C14H19N3O3S.